The number of alkyl halides is 3. The molecule has 3 aromatic rings. The molecule has 2 atom stereocenters. The Morgan fingerprint density at radius 1 is 1.00 bits per heavy atom. The molecule has 7 heteroatoms. The Kier molecular flexibility index (Phi) is 5.35. The number of carbonyl (C=O) groups excluding carboxylic acids is 1. The van der Waals surface area contributed by atoms with Crippen LogP contribution < -0.4 is 10.1 Å². The summed E-state index contributed by atoms with van der Waals surface area (Å²) in [6.45, 7) is 2.26. The largest absolute Gasteiger partial charge is 0.490 e. The van der Waals surface area contributed by atoms with E-state index < -0.39 is 11.7 Å². The molecule has 4 aliphatic rings. The first kappa shape index (κ1) is 22.5. The lowest BCUT2D eigenvalue weighted by atomic mass is 9.55. The molecule has 0 radical (unpaired) electrons. The molecular formula is C28H29F3N2O2. The van der Waals surface area contributed by atoms with Gasteiger partial charge >= 0.3 is 6.18 Å². The number of carbonyl (C=O) groups is 1. The Labute approximate surface area is 202 Å². The topological polar surface area (TPSA) is 54.1 Å². The van der Waals surface area contributed by atoms with E-state index in [1.54, 1.807) is 12.1 Å². The second-order valence-corrected chi connectivity index (χ2v) is 10.7. The van der Waals surface area contributed by atoms with Gasteiger partial charge in [0.2, 0.25) is 5.91 Å². The van der Waals surface area contributed by atoms with Gasteiger partial charge in [0, 0.05) is 23.0 Å². The molecule has 0 spiro atoms. The predicted molar refractivity (Wildman–Crippen MR) is 128 cm³/mol. The van der Waals surface area contributed by atoms with Crippen LogP contribution in [0.1, 0.15) is 56.1 Å². The van der Waals surface area contributed by atoms with E-state index in [0.29, 0.717) is 11.8 Å². The first-order valence-corrected chi connectivity index (χ1v) is 12.5. The van der Waals surface area contributed by atoms with Gasteiger partial charge in [-0.1, -0.05) is 19.1 Å². The molecule has 1 heterocycles. The average Bonchev–Trinajstić information content (AvgIpc) is 3.16. The molecule has 35 heavy (non-hydrogen) atoms. The third-order valence-electron chi connectivity index (χ3n) is 8.57. The first-order chi connectivity index (χ1) is 16.7. The molecule has 1 amide bonds. The number of fused-ring (bicyclic) bond motifs is 3. The third kappa shape index (κ3) is 4.19. The standard InChI is InChI=1S/C28H29F3N2O2/c1-15-8-23(19-9-17(15)10-19)27(34)33-26-14-32-25-7-6-21(13-24(25)26)35-22-11-18(12-22)16-2-4-20(5-3-16)28(29,30)31/h2-7,13-15,17-19,22-23,32H,8-12H2,1H3,(H,33,34)/t15-,17?,18-,19?,22+,23+/m0/s1. The number of ether oxygens (including phenoxy) is 1. The predicted octanol–water partition coefficient (Wildman–Crippen LogP) is 7.13. The van der Waals surface area contributed by atoms with Gasteiger partial charge in [-0.15, -0.1) is 0 Å². The van der Waals surface area contributed by atoms with Gasteiger partial charge in [0.1, 0.15) is 5.75 Å². The zero-order valence-corrected chi connectivity index (χ0v) is 19.6. The van der Waals surface area contributed by atoms with Crippen molar-refractivity contribution in [2.75, 3.05) is 5.32 Å². The summed E-state index contributed by atoms with van der Waals surface area (Å²) in [5.41, 5.74) is 2.01. The maximum atomic E-state index is 13.0. The van der Waals surface area contributed by atoms with Crippen LogP contribution in [0.4, 0.5) is 18.9 Å². The third-order valence-corrected chi connectivity index (χ3v) is 8.57. The maximum absolute atomic E-state index is 13.0. The van der Waals surface area contributed by atoms with Gasteiger partial charge in [-0.25, -0.2) is 0 Å². The molecule has 2 bridgehead atoms. The summed E-state index contributed by atoms with van der Waals surface area (Å²) in [5, 5.41) is 4.08. The molecular weight excluding hydrogens is 453 g/mol. The zero-order valence-electron chi connectivity index (χ0n) is 19.6. The minimum Gasteiger partial charge on any atom is -0.490 e. The molecule has 7 rings (SSSR count). The Morgan fingerprint density at radius 3 is 2.43 bits per heavy atom. The Balaban J connectivity index is 1.09. The summed E-state index contributed by atoms with van der Waals surface area (Å²) in [5.74, 6) is 3.10. The van der Waals surface area contributed by atoms with E-state index in [4.69, 9.17) is 4.74 Å². The van der Waals surface area contributed by atoms with Crippen molar-refractivity contribution in [2.45, 2.75) is 57.2 Å². The summed E-state index contributed by atoms with van der Waals surface area (Å²) in [6, 6.07) is 11.3. The number of halogens is 3. The number of anilines is 1. The van der Waals surface area contributed by atoms with Crippen LogP contribution in [0.3, 0.4) is 0 Å². The van der Waals surface area contributed by atoms with Crippen molar-refractivity contribution >= 4 is 22.5 Å². The van der Waals surface area contributed by atoms with Gasteiger partial charge in [-0.2, -0.15) is 13.2 Å². The summed E-state index contributed by atoms with van der Waals surface area (Å²) >= 11 is 0. The van der Waals surface area contributed by atoms with Crippen LogP contribution in [-0.2, 0) is 11.0 Å². The van der Waals surface area contributed by atoms with Gasteiger partial charge in [-0.05, 0) is 91.7 Å². The van der Waals surface area contributed by atoms with Crippen LogP contribution in [0.15, 0.2) is 48.7 Å². The van der Waals surface area contributed by atoms with E-state index in [2.05, 4.69) is 17.2 Å². The lowest BCUT2D eigenvalue weighted by molar-refractivity contribution is -0.137. The average molecular weight is 483 g/mol. The molecule has 0 aliphatic heterocycles. The SMILES string of the molecule is C[C@H]1C[C@@H](C(=O)Nc2c[nH]c3ccc(O[C@H]4C[C@@H](c5ccc(C(F)(F)F)cc5)C4)cc23)C2CC1C2. The highest BCUT2D eigenvalue weighted by atomic mass is 19.4. The zero-order chi connectivity index (χ0) is 24.3. The van der Waals surface area contributed by atoms with E-state index in [9.17, 15) is 18.0 Å². The van der Waals surface area contributed by atoms with Crippen LogP contribution in [-0.4, -0.2) is 17.0 Å². The lowest BCUT2D eigenvalue weighted by Crippen LogP contribution is -2.46. The van der Waals surface area contributed by atoms with Crippen molar-refractivity contribution < 1.29 is 22.7 Å². The van der Waals surface area contributed by atoms with Gasteiger partial charge in [0.05, 0.1) is 17.4 Å². The number of hydrogen-bond donors (Lipinski definition) is 2. The quantitative estimate of drug-likeness (QED) is 0.406. The molecule has 4 fully saturated rings. The number of H-pyrrole nitrogens is 1. The molecule has 4 saturated carbocycles. The van der Waals surface area contributed by atoms with Crippen molar-refractivity contribution in [1.82, 2.24) is 4.98 Å². The number of aromatic nitrogens is 1. The second kappa shape index (κ2) is 8.32. The number of aromatic amines is 1. The number of benzene rings is 2. The minimum absolute atomic E-state index is 0.0204. The fourth-order valence-electron chi connectivity index (χ4n) is 6.18. The van der Waals surface area contributed by atoms with Crippen LogP contribution in [0.25, 0.3) is 10.9 Å². The fourth-order valence-corrected chi connectivity index (χ4v) is 6.18. The summed E-state index contributed by atoms with van der Waals surface area (Å²) in [7, 11) is 0. The molecule has 0 unspecified atom stereocenters. The van der Waals surface area contributed by atoms with Crippen LogP contribution in [0.2, 0.25) is 0 Å². The highest BCUT2D eigenvalue weighted by Crippen LogP contribution is 2.52. The minimum atomic E-state index is -4.31. The van der Waals surface area contributed by atoms with Crippen LogP contribution in [0.5, 0.6) is 5.75 Å². The van der Waals surface area contributed by atoms with E-state index in [1.165, 1.54) is 12.8 Å². The number of rotatable bonds is 5. The maximum Gasteiger partial charge on any atom is 0.416 e. The van der Waals surface area contributed by atoms with Gasteiger partial charge in [-0.3, -0.25) is 4.79 Å². The fraction of sp³-hybridized carbons (Fsp3) is 0.464. The summed E-state index contributed by atoms with van der Waals surface area (Å²) in [6.07, 6.45) is 2.41. The first-order valence-electron chi connectivity index (χ1n) is 12.5. The molecule has 2 aromatic carbocycles. The van der Waals surface area contributed by atoms with Crippen molar-refractivity contribution in [2.24, 2.45) is 23.7 Å². The molecule has 4 nitrogen and oxygen atoms in total. The van der Waals surface area contributed by atoms with Crippen LogP contribution in [0, 0.1) is 23.7 Å². The Morgan fingerprint density at radius 2 is 1.74 bits per heavy atom. The van der Waals surface area contributed by atoms with Gasteiger partial charge in [0.15, 0.2) is 0 Å². The smallest absolute Gasteiger partial charge is 0.416 e. The number of nitrogens with one attached hydrogen (secondary N) is 2. The molecule has 184 valence electrons. The molecule has 1 aromatic heterocycles. The van der Waals surface area contributed by atoms with Crippen molar-refractivity contribution in [3.8, 4) is 5.75 Å². The molecule has 0 saturated heterocycles. The van der Waals surface area contributed by atoms with Crippen molar-refractivity contribution in [1.29, 1.82) is 0 Å². The van der Waals surface area contributed by atoms with Crippen molar-refractivity contribution in [3.05, 3.63) is 59.8 Å². The van der Waals surface area contributed by atoms with E-state index in [0.717, 1.165) is 65.2 Å². The lowest BCUT2D eigenvalue weighted by Gasteiger charge is -2.49. The Bertz CT molecular complexity index is 1240. The summed E-state index contributed by atoms with van der Waals surface area (Å²) < 4.78 is 44.5. The normalized spacial score (nSPS) is 29.8. The highest BCUT2D eigenvalue weighted by molar-refractivity contribution is 6.03. The Hall–Kier alpha value is -2.96. The monoisotopic (exact) mass is 482 g/mol. The number of amides is 1. The number of hydrogen-bond acceptors (Lipinski definition) is 2. The second-order valence-electron chi connectivity index (χ2n) is 10.7. The highest BCUT2D eigenvalue weighted by Gasteiger charge is 2.46. The van der Waals surface area contributed by atoms with E-state index >= 15 is 0 Å². The van der Waals surface area contributed by atoms with Crippen LogP contribution >= 0.6 is 0 Å². The van der Waals surface area contributed by atoms with E-state index in [-0.39, 0.29) is 23.8 Å². The molecule has 4 aliphatic carbocycles. The van der Waals surface area contributed by atoms with Crippen molar-refractivity contribution in [3.63, 3.8) is 0 Å². The van der Waals surface area contributed by atoms with Gasteiger partial charge in [0.25, 0.3) is 0 Å². The molecule has 2 N–H and O–H groups in total. The summed E-state index contributed by atoms with van der Waals surface area (Å²) in [4.78, 5) is 16.3. The van der Waals surface area contributed by atoms with Gasteiger partial charge < -0.3 is 15.0 Å². The van der Waals surface area contributed by atoms with E-state index in [1.807, 2.05) is 24.4 Å².